The summed E-state index contributed by atoms with van der Waals surface area (Å²) in [4.78, 5) is 19.1. The molecule has 5 nitrogen and oxygen atoms in total. The lowest BCUT2D eigenvalue weighted by atomic mass is 10.1. The van der Waals surface area contributed by atoms with Gasteiger partial charge in [-0.05, 0) is 19.4 Å². The maximum atomic E-state index is 11.9. The van der Waals surface area contributed by atoms with E-state index >= 15 is 0 Å². The minimum Gasteiger partial charge on any atom is -0.347 e. The van der Waals surface area contributed by atoms with Crippen LogP contribution in [-0.2, 0) is 4.79 Å². The molecular formula is C11H18N4O. The summed E-state index contributed by atoms with van der Waals surface area (Å²) in [5, 5.41) is 6.23. The Morgan fingerprint density at radius 1 is 1.75 bits per heavy atom. The van der Waals surface area contributed by atoms with E-state index in [9.17, 15) is 4.79 Å². The fourth-order valence-electron chi connectivity index (χ4n) is 2.00. The van der Waals surface area contributed by atoms with E-state index in [0.717, 1.165) is 31.8 Å². The number of aromatic nitrogens is 2. The summed E-state index contributed by atoms with van der Waals surface area (Å²) >= 11 is 0. The Labute approximate surface area is 95.0 Å². The molecule has 0 spiro atoms. The van der Waals surface area contributed by atoms with E-state index in [1.165, 1.54) is 0 Å². The third-order valence-corrected chi connectivity index (χ3v) is 3.01. The number of carbonyl (C=O) groups is 1. The molecule has 88 valence electrons. The van der Waals surface area contributed by atoms with Crippen LogP contribution < -0.4 is 10.6 Å². The molecule has 0 radical (unpaired) electrons. The average molecular weight is 222 g/mol. The molecule has 2 unspecified atom stereocenters. The highest BCUT2D eigenvalue weighted by molar-refractivity contribution is 5.79. The molecular weight excluding hydrogens is 204 g/mol. The molecule has 0 aromatic carbocycles. The molecule has 3 N–H and O–H groups in total. The van der Waals surface area contributed by atoms with Crippen LogP contribution in [0.2, 0.25) is 0 Å². The van der Waals surface area contributed by atoms with Gasteiger partial charge in [0.05, 0.1) is 12.0 Å². The van der Waals surface area contributed by atoms with Gasteiger partial charge >= 0.3 is 0 Å². The highest BCUT2D eigenvalue weighted by Crippen LogP contribution is 2.14. The number of aromatic amines is 1. The lowest BCUT2D eigenvalue weighted by Gasteiger charge is -2.17. The fourth-order valence-corrected chi connectivity index (χ4v) is 2.00. The SMILES string of the molecule is CCC(NC(=O)C1CCNC1)c1ncc[nH]1. The number of nitrogens with zero attached hydrogens (tertiary/aromatic N) is 1. The van der Waals surface area contributed by atoms with Crippen molar-refractivity contribution in [1.82, 2.24) is 20.6 Å². The minimum absolute atomic E-state index is 0.00287. The van der Waals surface area contributed by atoms with E-state index in [1.54, 1.807) is 12.4 Å². The lowest BCUT2D eigenvalue weighted by Crippen LogP contribution is -2.35. The molecule has 0 saturated carbocycles. The molecule has 1 aromatic heterocycles. The second kappa shape index (κ2) is 5.12. The Morgan fingerprint density at radius 3 is 3.19 bits per heavy atom. The van der Waals surface area contributed by atoms with Gasteiger partial charge in [0.1, 0.15) is 5.82 Å². The average Bonchev–Trinajstić information content (AvgIpc) is 2.96. The van der Waals surface area contributed by atoms with Gasteiger partial charge in [-0.25, -0.2) is 4.98 Å². The summed E-state index contributed by atoms with van der Waals surface area (Å²) in [6, 6.07) is 0.00287. The Bertz CT molecular complexity index is 330. The topological polar surface area (TPSA) is 69.8 Å². The van der Waals surface area contributed by atoms with Crippen molar-refractivity contribution < 1.29 is 4.79 Å². The van der Waals surface area contributed by atoms with Crippen molar-refractivity contribution in [3.8, 4) is 0 Å². The van der Waals surface area contributed by atoms with Gasteiger partial charge in [-0.2, -0.15) is 0 Å². The van der Waals surface area contributed by atoms with Gasteiger partial charge in [-0.15, -0.1) is 0 Å². The Hall–Kier alpha value is -1.36. The van der Waals surface area contributed by atoms with E-state index < -0.39 is 0 Å². The summed E-state index contributed by atoms with van der Waals surface area (Å²) < 4.78 is 0. The quantitative estimate of drug-likeness (QED) is 0.698. The Balaban J connectivity index is 1.93. The van der Waals surface area contributed by atoms with Crippen LogP contribution in [0, 0.1) is 5.92 Å². The number of amides is 1. The van der Waals surface area contributed by atoms with Gasteiger partial charge in [-0.1, -0.05) is 6.92 Å². The van der Waals surface area contributed by atoms with E-state index in [2.05, 4.69) is 20.6 Å². The maximum absolute atomic E-state index is 11.9. The zero-order chi connectivity index (χ0) is 11.4. The number of hydrogen-bond acceptors (Lipinski definition) is 3. The highest BCUT2D eigenvalue weighted by Gasteiger charge is 2.24. The summed E-state index contributed by atoms with van der Waals surface area (Å²) in [5.74, 6) is 1.08. The van der Waals surface area contributed by atoms with Crippen molar-refractivity contribution in [3.05, 3.63) is 18.2 Å². The number of carbonyl (C=O) groups excluding carboxylic acids is 1. The molecule has 1 aliphatic heterocycles. The Morgan fingerprint density at radius 2 is 2.62 bits per heavy atom. The summed E-state index contributed by atoms with van der Waals surface area (Å²) in [6.07, 6.45) is 5.27. The molecule has 0 aliphatic carbocycles. The predicted molar refractivity (Wildman–Crippen MR) is 60.7 cm³/mol. The Kier molecular flexibility index (Phi) is 3.56. The standard InChI is InChI=1S/C11H18N4O/c1-2-9(10-13-5-6-14-10)15-11(16)8-3-4-12-7-8/h5-6,8-9,12H,2-4,7H2,1H3,(H,13,14)(H,15,16). The summed E-state index contributed by atoms with van der Waals surface area (Å²) in [6.45, 7) is 3.77. The van der Waals surface area contributed by atoms with Gasteiger partial charge < -0.3 is 15.6 Å². The number of imidazole rings is 1. The first-order valence-electron chi connectivity index (χ1n) is 5.81. The molecule has 2 heterocycles. The first kappa shape index (κ1) is 11.1. The van der Waals surface area contributed by atoms with Gasteiger partial charge in [0, 0.05) is 18.9 Å². The fraction of sp³-hybridized carbons (Fsp3) is 0.636. The molecule has 1 aliphatic rings. The van der Waals surface area contributed by atoms with Crippen molar-refractivity contribution in [3.63, 3.8) is 0 Å². The van der Waals surface area contributed by atoms with Crippen molar-refractivity contribution in [2.24, 2.45) is 5.92 Å². The zero-order valence-electron chi connectivity index (χ0n) is 9.49. The maximum Gasteiger partial charge on any atom is 0.225 e. The smallest absolute Gasteiger partial charge is 0.225 e. The predicted octanol–water partition coefficient (Wildman–Crippen LogP) is 0.586. The number of nitrogens with one attached hydrogen (secondary N) is 3. The molecule has 1 amide bonds. The van der Waals surface area contributed by atoms with Crippen LogP contribution >= 0.6 is 0 Å². The van der Waals surface area contributed by atoms with Crippen LogP contribution in [0.4, 0.5) is 0 Å². The second-order valence-electron chi connectivity index (χ2n) is 4.13. The first-order chi connectivity index (χ1) is 7.81. The van der Waals surface area contributed by atoms with Crippen LogP contribution in [-0.4, -0.2) is 29.0 Å². The van der Waals surface area contributed by atoms with Crippen molar-refractivity contribution >= 4 is 5.91 Å². The molecule has 16 heavy (non-hydrogen) atoms. The third-order valence-electron chi connectivity index (χ3n) is 3.01. The van der Waals surface area contributed by atoms with Gasteiger partial charge in [0.25, 0.3) is 0 Å². The lowest BCUT2D eigenvalue weighted by molar-refractivity contribution is -0.125. The molecule has 1 fully saturated rings. The highest BCUT2D eigenvalue weighted by atomic mass is 16.2. The van der Waals surface area contributed by atoms with Gasteiger partial charge in [0.15, 0.2) is 0 Å². The summed E-state index contributed by atoms with van der Waals surface area (Å²) in [5.41, 5.74) is 0. The van der Waals surface area contributed by atoms with Crippen molar-refractivity contribution in [1.29, 1.82) is 0 Å². The molecule has 1 aromatic rings. The van der Waals surface area contributed by atoms with Crippen molar-refractivity contribution in [2.75, 3.05) is 13.1 Å². The minimum atomic E-state index is 0.00287. The van der Waals surface area contributed by atoms with E-state index in [0.29, 0.717) is 0 Å². The molecule has 2 rings (SSSR count). The summed E-state index contributed by atoms with van der Waals surface area (Å²) in [7, 11) is 0. The monoisotopic (exact) mass is 222 g/mol. The number of H-pyrrole nitrogens is 1. The normalized spacial score (nSPS) is 21.9. The third kappa shape index (κ3) is 2.41. The molecule has 5 heteroatoms. The van der Waals surface area contributed by atoms with E-state index in [4.69, 9.17) is 0 Å². The van der Waals surface area contributed by atoms with Gasteiger partial charge in [-0.3, -0.25) is 4.79 Å². The molecule has 0 bridgehead atoms. The second-order valence-corrected chi connectivity index (χ2v) is 4.13. The first-order valence-corrected chi connectivity index (χ1v) is 5.81. The van der Waals surface area contributed by atoms with Gasteiger partial charge in [0.2, 0.25) is 5.91 Å². The number of rotatable bonds is 4. The van der Waals surface area contributed by atoms with Crippen LogP contribution in [0.15, 0.2) is 12.4 Å². The zero-order valence-corrected chi connectivity index (χ0v) is 9.49. The largest absolute Gasteiger partial charge is 0.347 e. The number of hydrogen-bond donors (Lipinski definition) is 3. The van der Waals surface area contributed by atoms with Crippen molar-refractivity contribution in [2.45, 2.75) is 25.8 Å². The van der Waals surface area contributed by atoms with Crippen LogP contribution in [0.3, 0.4) is 0 Å². The van der Waals surface area contributed by atoms with E-state index in [1.807, 2.05) is 6.92 Å². The molecule has 1 saturated heterocycles. The van der Waals surface area contributed by atoms with E-state index in [-0.39, 0.29) is 17.9 Å². The van der Waals surface area contributed by atoms with Crippen LogP contribution in [0.5, 0.6) is 0 Å². The van der Waals surface area contributed by atoms with Crippen LogP contribution in [0.25, 0.3) is 0 Å². The molecule has 2 atom stereocenters. The van der Waals surface area contributed by atoms with Crippen LogP contribution in [0.1, 0.15) is 31.6 Å².